The lowest BCUT2D eigenvalue weighted by Crippen LogP contribution is -2.03. The molecule has 1 unspecified atom stereocenters. The number of hydrogen-bond donors (Lipinski definition) is 1. The zero-order valence-corrected chi connectivity index (χ0v) is 12.6. The molecule has 1 aromatic carbocycles. The van der Waals surface area contributed by atoms with Gasteiger partial charge in [0, 0.05) is 40.3 Å². The van der Waals surface area contributed by atoms with Gasteiger partial charge >= 0.3 is 0 Å². The van der Waals surface area contributed by atoms with Crippen molar-refractivity contribution in [1.29, 1.82) is 0 Å². The number of benzene rings is 1. The van der Waals surface area contributed by atoms with E-state index in [0.29, 0.717) is 11.5 Å². The number of anilines is 2. The van der Waals surface area contributed by atoms with Gasteiger partial charge in [-0.3, -0.25) is 4.21 Å². The minimum absolute atomic E-state index is 0.545. The normalized spacial score (nSPS) is 12.5. The Kier molecular flexibility index (Phi) is 3.66. The van der Waals surface area contributed by atoms with Crippen molar-refractivity contribution in [2.75, 3.05) is 11.6 Å². The number of aryl methyl sites for hydroxylation is 1. The van der Waals surface area contributed by atoms with E-state index < -0.39 is 10.8 Å². The maximum atomic E-state index is 11.3. The topological polar surface area (TPSA) is 72.2 Å². The quantitative estimate of drug-likeness (QED) is 0.798. The van der Waals surface area contributed by atoms with Crippen molar-refractivity contribution in [1.82, 2.24) is 19.6 Å². The SMILES string of the molecule is Cc1cc(Nc2cccc(CS(C)=O)c2)n2ncnc2n1. The smallest absolute Gasteiger partial charge is 0.254 e. The van der Waals surface area contributed by atoms with Gasteiger partial charge < -0.3 is 5.32 Å². The van der Waals surface area contributed by atoms with Crippen LogP contribution in [0.15, 0.2) is 36.7 Å². The Hall–Kier alpha value is -2.28. The second-order valence-corrected chi connectivity index (χ2v) is 6.23. The summed E-state index contributed by atoms with van der Waals surface area (Å²) in [7, 11) is -0.856. The number of rotatable bonds is 4. The second kappa shape index (κ2) is 5.61. The summed E-state index contributed by atoms with van der Waals surface area (Å²) < 4.78 is 13.0. The molecule has 0 aliphatic heterocycles. The molecule has 0 amide bonds. The van der Waals surface area contributed by atoms with Crippen LogP contribution in [0.3, 0.4) is 0 Å². The molecule has 0 spiro atoms. The van der Waals surface area contributed by atoms with Crippen LogP contribution >= 0.6 is 0 Å². The maximum absolute atomic E-state index is 11.3. The monoisotopic (exact) mass is 301 g/mol. The minimum Gasteiger partial charge on any atom is -0.340 e. The van der Waals surface area contributed by atoms with Crippen molar-refractivity contribution in [2.45, 2.75) is 12.7 Å². The van der Waals surface area contributed by atoms with E-state index >= 15 is 0 Å². The molecular weight excluding hydrogens is 286 g/mol. The fourth-order valence-corrected chi connectivity index (χ4v) is 2.79. The lowest BCUT2D eigenvalue weighted by Gasteiger charge is -2.09. The van der Waals surface area contributed by atoms with Crippen LogP contribution in [0.2, 0.25) is 0 Å². The molecule has 6 nitrogen and oxygen atoms in total. The van der Waals surface area contributed by atoms with Crippen LogP contribution in [-0.4, -0.2) is 30.0 Å². The molecule has 0 radical (unpaired) electrons. The molecule has 2 aromatic heterocycles. The van der Waals surface area contributed by atoms with Gasteiger partial charge in [0.2, 0.25) is 0 Å². The van der Waals surface area contributed by atoms with Crippen molar-refractivity contribution >= 4 is 28.1 Å². The van der Waals surface area contributed by atoms with Crippen LogP contribution in [-0.2, 0) is 16.6 Å². The molecule has 1 atom stereocenters. The van der Waals surface area contributed by atoms with E-state index in [4.69, 9.17) is 0 Å². The maximum Gasteiger partial charge on any atom is 0.254 e. The molecule has 0 saturated heterocycles. The van der Waals surface area contributed by atoms with Crippen molar-refractivity contribution in [3.05, 3.63) is 47.9 Å². The first-order valence-electron chi connectivity index (χ1n) is 6.45. The highest BCUT2D eigenvalue weighted by Crippen LogP contribution is 2.19. The third-order valence-corrected chi connectivity index (χ3v) is 3.69. The molecule has 0 aliphatic carbocycles. The van der Waals surface area contributed by atoms with Gasteiger partial charge in [0.25, 0.3) is 5.78 Å². The molecule has 108 valence electrons. The summed E-state index contributed by atoms with van der Waals surface area (Å²) in [5.74, 6) is 1.90. The van der Waals surface area contributed by atoms with Crippen molar-refractivity contribution in [3.63, 3.8) is 0 Å². The molecule has 3 aromatic rings. The average Bonchev–Trinajstić information content (AvgIpc) is 2.86. The van der Waals surface area contributed by atoms with Crippen LogP contribution in [0.1, 0.15) is 11.3 Å². The molecule has 0 bridgehead atoms. The van der Waals surface area contributed by atoms with E-state index in [2.05, 4.69) is 20.4 Å². The Morgan fingerprint density at radius 3 is 3.00 bits per heavy atom. The summed E-state index contributed by atoms with van der Waals surface area (Å²) in [6.07, 6.45) is 3.18. The summed E-state index contributed by atoms with van der Waals surface area (Å²) >= 11 is 0. The summed E-state index contributed by atoms with van der Waals surface area (Å²) in [6, 6.07) is 9.76. The zero-order valence-electron chi connectivity index (χ0n) is 11.8. The standard InChI is InChI=1S/C14H15N5OS/c1-10-6-13(19-14(17-10)15-9-16-19)18-12-5-3-4-11(7-12)8-21(2)20/h3-7,9,18H,8H2,1-2H3. The van der Waals surface area contributed by atoms with Gasteiger partial charge in [-0.15, -0.1) is 0 Å². The van der Waals surface area contributed by atoms with E-state index in [1.165, 1.54) is 6.33 Å². The van der Waals surface area contributed by atoms with Crippen molar-refractivity contribution < 1.29 is 4.21 Å². The average molecular weight is 301 g/mol. The Morgan fingerprint density at radius 2 is 2.19 bits per heavy atom. The summed E-state index contributed by atoms with van der Waals surface area (Å²) in [5, 5.41) is 7.47. The van der Waals surface area contributed by atoms with Gasteiger partial charge in [-0.25, -0.2) is 4.98 Å². The fraction of sp³-hybridized carbons (Fsp3) is 0.214. The van der Waals surface area contributed by atoms with Gasteiger partial charge in [0.05, 0.1) is 0 Å². The second-order valence-electron chi connectivity index (χ2n) is 4.80. The Bertz CT molecular complexity index is 814. The van der Waals surface area contributed by atoms with E-state index in [1.807, 2.05) is 37.3 Å². The Morgan fingerprint density at radius 1 is 1.33 bits per heavy atom. The van der Waals surface area contributed by atoms with Gasteiger partial charge in [-0.05, 0) is 24.6 Å². The lowest BCUT2D eigenvalue weighted by atomic mass is 10.2. The van der Waals surface area contributed by atoms with E-state index in [-0.39, 0.29) is 0 Å². The van der Waals surface area contributed by atoms with Crippen LogP contribution in [0.25, 0.3) is 5.78 Å². The number of aromatic nitrogens is 4. The molecule has 1 N–H and O–H groups in total. The summed E-state index contributed by atoms with van der Waals surface area (Å²) in [4.78, 5) is 8.40. The summed E-state index contributed by atoms with van der Waals surface area (Å²) in [6.45, 7) is 1.91. The van der Waals surface area contributed by atoms with Crippen LogP contribution < -0.4 is 5.32 Å². The Balaban J connectivity index is 1.95. The van der Waals surface area contributed by atoms with E-state index in [9.17, 15) is 4.21 Å². The van der Waals surface area contributed by atoms with Gasteiger partial charge in [0.1, 0.15) is 12.1 Å². The lowest BCUT2D eigenvalue weighted by molar-refractivity contribution is 0.686. The molecule has 7 heteroatoms. The molecular formula is C14H15N5OS. The predicted octanol–water partition coefficient (Wildman–Crippen LogP) is 2.05. The molecule has 0 aliphatic rings. The third kappa shape index (κ3) is 3.08. The zero-order chi connectivity index (χ0) is 14.8. The Labute approximate surface area is 124 Å². The highest BCUT2D eigenvalue weighted by Gasteiger charge is 2.06. The minimum atomic E-state index is -0.856. The first-order valence-corrected chi connectivity index (χ1v) is 8.18. The molecule has 21 heavy (non-hydrogen) atoms. The first-order chi connectivity index (χ1) is 10.1. The fourth-order valence-electron chi connectivity index (χ4n) is 2.14. The van der Waals surface area contributed by atoms with E-state index in [0.717, 1.165) is 22.8 Å². The highest BCUT2D eigenvalue weighted by molar-refractivity contribution is 7.83. The van der Waals surface area contributed by atoms with Gasteiger partial charge in [-0.2, -0.15) is 14.6 Å². The largest absolute Gasteiger partial charge is 0.340 e. The number of fused-ring (bicyclic) bond motifs is 1. The van der Waals surface area contributed by atoms with E-state index in [1.54, 1.807) is 10.8 Å². The number of hydrogen-bond acceptors (Lipinski definition) is 5. The van der Waals surface area contributed by atoms with Crippen LogP contribution in [0.5, 0.6) is 0 Å². The number of nitrogens with one attached hydrogen (secondary N) is 1. The molecule has 3 rings (SSSR count). The predicted molar refractivity (Wildman–Crippen MR) is 83.0 cm³/mol. The van der Waals surface area contributed by atoms with Crippen molar-refractivity contribution in [2.24, 2.45) is 0 Å². The van der Waals surface area contributed by atoms with Crippen LogP contribution in [0.4, 0.5) is 11.5 Å². The summed E-state index contributed by atoms with van der Waals surface area (Å²) in [5.41, 5.74) is 2.81. The van der Waals surface area contributed by atoms with Gasteiger partial charge in [0.15, 0.2) is 0 Å². The van der Waals surface area contributed by atoms with Crippen LogP contribution in [0, 0.1) is 6.92 Å². The molecule has 2 heterocycles. The van der Waals surface area contributed by atoms with Crippen molar-refractivity contribution in [3.8, 4) is 0 Å². The highest BCUT2D eigenvalue weighted by atomic mass is 32.2. The molecule has 0 saturated carbocycles. The van der Waals surface area contributed by atoms with Gasteiger partial charge in [-0.1, -0.05) is 12.1 Å². The molecule has 0 fully saturated rings. The third-order valence-electron chi connectivity index (χ3n) is 2.95. The number of nitrogens with zero attached hydrogens (tertiary/aromatic N) is 4. The first kappa shape index (κ1) is 13.7.